The summed E-state index contributed by atoms with van der Waals surface area (Å²) in [6.07, 6.45) is 3.58. The monoisotopic (exact) mass is 246 g/mol. The first-order chi connectivity index (χ1) is 8.63. The lowest BCUT2D eigenvalue weighted by Gasteiger charge is -2.27. The van der Waals surface area contributed by atoms with Crippen molar-refractivity contribution in [3.63, 3.8) is 0 Å². The average molecular weight is 246 g/mol. The summed E-state index contributed by atoms with van der Waals surface area (Å²) in [6, 6.07) is 9.24. The molecule has 0 unspecified atom stereocenters. The molecule has 3 N–H and O–H groups in total. The van der Waals surface area contributed by atoms with Gasteiger partial charge in [-0.2, -0.15) is 0 Å². The minimum absolute atomic E-state index is 0.196. The molecule has 2 nitrogen and oxygen atoms in total. The normalized spacial score (nSPS) is 17.9. The highest BCUT2D eigenvalue weighted by Gasteiger charge is 2.20. The minimum Gasteiger partial charge on any atom is -0.330 e. The molecule has 2 heteroatoms. The highest BCUT2D eigenvalue weighted by Crippen LogP contribution is 2.30. The zero-order valence-electron chi connectivity index (χ0n) is 11.7. The van der Waals surface area contributed by atoms with Gasteiger partial charge in [0.15, 0.2) is 0 Å². The van der Waals surface area contributed by atoms with E-state index in [0.717, 1.165) is 32.0 Å². The van der Waals surface area contributed by atoms with Crippen LogP contribution in [0.15, 0.2) is 24.3 Å². The molecule has 1 heterocycles. The third-order valence-corrected chi connectivity index (χ3v) is 4.27. The van der Waals surface area contributed by atoms with Gasteiger partial charge in [0.25, 0.3) is 0 Å². The lowest BCUT2D eigenvalue weighted by molar-refractivity contribution is 0.459. The number of rotatable bonds is 4. The number of benzene rings is 1. The van der Waals surface area contributed by atoms with Crippen molar-refractivity contribution in [1.82, 2.24) is 5.32 Å². The van der Waals surface area contributed by atoms with Crippen LogP contribution in [0.4, 0.5) is 0 Å². The minimum atomic E-state index is 0.196. The molecule has 1 aromatic carbocycles. The number of hydrogen-bond acceptors (Lipinski definition) is 2. The Bertz CT molecular complexity index is 361. The highest BCUT2D eigenvalue weighted by molar-refractivity contribution is 5.30. The van der Waals surface area contributed by atoms with E-state index in [4.69, 9.17) is 5.73 Å². The third-order valence-electron chi connectivity index (χ3n) is 4.27. The van der Waals surface area contributed by atoms with E-state index in [0.29, 0.717) is 0 Å². The van der Waals surface area contributed by atoms with E-state index in [-0.39, 0.29) is 5.41 Å². The van der Waals surface area contributed by atoms with Gasteiger partial charge < -0.3 is 11.1 Å². The van der Waals surface area contributed by atoms with Crippen molar-refractivity contribution in [2.24, 2.45) is 5.73 Å². The van der Waals surface area contributed by atoms with E-state index in [9.17, 15) is 0 Å². The second-order valence-electron chi connectivity index (χ2n) is 6.07. The molecule has 1 saturated heterocycles. The lowest BCUT2D eigenvalue weighted by Crippen LogP contribution is -2.26. The summed E-state index contributed by atoms with van der Waals surface area (Å²) in [5.74, 6) is 0.748. The Morgan fingerprint density at radius 3 is 2.33 bits per heavy atom. The summed E-state index contributed by atoms with van der Waals surface area (Å²) in [7, 11) is 0. The Labute approximate surface area is 111 Å². The molecule has 0 spiro atoms. The molecule has 0 radical (unpaired) electrons. The van der Waals surface area contributed by atoms with Crippen LogP contribution in [0.25, 0.3) is 0 Å². The summed E-state index contributed by atoms with van der Waals surface area (Å²) in [5.41, 5.74) is 8.80. The van der Waals surface area contributed by atoms with Gasteiger partial charge in [-0.25, -0.2) is 0 Å². The maximum atomic E-state index is 5.69. The number of piperidine rings is 1. The van der Waals surface area contributed by atoms with Gasteiger partial charge in [-0.1, -0.05) is 38.1 Å². The Morgan fingerprint density at radius 2 is 1.78 bits per heavy atom. The lowest BCUT2D eigenvalue weighted by atomic mass is 9.80. The summed E-state index contributed by atoms with van der Waals surface area (Å²) in [4.78, 5) is 0. The first-order valence-electron chi connectivity index (χ1n) is 7.15. The van der Waals surface area contributed by atoms with Crippen LogP contribution in [0.3, 0.4) is 0 Å². The Balaban J connectivity index is 2.09. The first kappa shape index (κ1) is 13.6. The zero-order valence-corrected chi connectivity index (χ0v) is 11.7. The van der Waals surface area contributed by atoms with Gasteiger partial charge in [-0.15, -0.1) is 0 Å². The van der Waals surface area contributed by atoms with Crippen LogP contribution < -0.4 is 11.1 Å². The molecule has 0 bridgehead atoms. The van der Waals surface area contributed by atoms with Crippen molar-refractivity contribution in [3.05, 3.63) is 35.4 Å². The van der Waals surface area contributed by atoms with Crippen LogP contribution in [0, 0.1) is 0 Å². The molecule has 1 aromatic rings. The molecule has 0 saturated carbocycles. The van der Waals surface area contributed by atoms with Gasteiger partial charge >= 0.3 is 0 Å². The smallest absolute Gasteiger partial charge is 0.00431 e. The van der Waals surface area contributed by atoms with E-state index in [1.165, 1.54) is 24.0 Å². The summed E-state index contributed by atoms with van der Waals surface area (Å²) in [6.45, 7) is 7.62. The number of hydrogen-bond donors (Lipinski definition) is 2. The van der Waals surface area contributed by atoms with Crippen LogP contribution in [0.2, 0.25) is 0 Å². The van der Waals surface area contributed by atoms with Crippen molar-refractivity contribution in [2.45, 2.75) is 44.4 Å². The summed E-state index contributed by atoms with van der Waals surface area (Å²) < 4.78 is 0. The van der Waals surface area contributed by atoms with E-state index in [1.807, 2.05) is 0 Å². The average Bonchev–Trinajstić information content (AvgIpc) is 2.40. The molecule has 1 fully saturated rings. The highest BCUT2D eigenvalue weighted by atomic mass is 14.9. The van der Waals surface area contributed by atoms with Crippen LogP contribution in [-0.2, 0) is 5.41 Å². The molecular weight excluding hydrogens is 220 g/mol. The van der Waals surface area contributed by atoms with Gasteiger partial charge in [-0.3, -0.25) is 0 Å². The van der Waals surface area contributed by atoms with Crippen molar-refractivity contribution in [3.8, 4) is 0 Å². The SMILES string of the molecule is CC(C)(CCN)c1ccc(C2CCNCC2)cc1. The molecule has 0 aliphatic carbocycles. The van der Waals surface area contributed by atoms with Crippen LogP contribution in [-0.4, -0.2) is 19.6 Å². The molecular formula is C16H26N2. The molecule has 0 amide bonds. The van der Waals surface area contributed by atoms with Crippen molar-refractivity contribution in [1.29, 1.82) is 0 Å². The van der Waals surface area contributed by atoms with Gasteiger partial charge in [0, 0.05) is 0 Å². The van der Waals surface area contributed by atoms with Gasteiger partial charge in [0.05, 0.1) is 0 Å². The fourth-order valence-electron chi connectivity index (χ4n) is 2.87. The molecule has 100 valence electrons. The molecule has 18 heavy (non-hydrogen) atoms. The van der Waals surface area contributed by atoms with Gasteiger partial charge in [0.2, 0.25) is 0 Å². The maximum Gasteiger partial charge on any atom is -0.00431 e. The second-order valence-corrected chi connectivity index (χ2v) is 6.07. The topological polar surface area (TPSA) is 38.0 Å². The molecule has 0 atom stereocenters. The summed E-state index contributed by atoms with van der Waals surface area (Å²) in [5, 5.41) is 3.42. The first-order valence-corrected chi connectivity index (χ1v) is 7.15. The predicted octanol–water partition coefficient (Wildman–Crippen LogP) is 2.78. The van der Waals surface area contributed by atoms with E-state index < -0.39 is 0 Å². The molecule has 1 aliphatic heterocycles. The fraction of sp³-hybridized carbons (Fsp3) is 0.625. The van der Waals surface area contributed by atoms with E-state index >= 15 is 0 Å². The van der Waals surface area contributed by atoms with E-state index in [2.05, 4.69) is 43.4 Å². The zero-order chi connectivity index (χ0) is 13.0. The Hall–Kier alpha value is -0.860. The van der Waals surface area contributed by atoms with Gasteiger partial charge in [-0.05, 0) is 61.4 Å². The van der Waals surface area contributed by atoms with Crippen molar-refractivity contribution >= 4 is 0 Å². The standard InChI is InChI=1S/C16H26N2/c1-16(2,9-10-17)15-5-3-13(4-6-15)14-7-11-18-12-8-14/h3-6,14,18H,7-12,17H2,1-2H3. The van der Waals surface area contributed by atoms with Crippen molar-refractivity contribution < 1.29 is 0 Å². The number of nitrogens with two attached hydrogens (primary N) is 1. The molecule has 0 aromatic heterocycles. The third kappa shape index (κ3) is 3.12. The van der Waals surface area contributed by atoms with E-state index in [1.54, 1.807) is 0 Å². The Morgan fingerprint density at radius 1 is 1.17 bits per heavy atom. The second kappa shape index (κ2) is 5.85. The predicted molar refractivity (Wildman–Crippen MR) is 78.0 cm³/mol. The fourth-order valence-corrected chi connectivity index (χ4v) is 2.87. The van der Waals surface area contributed by atoms with Crippen LogP contribution in [0.5, 0.6) is 0 Å². The van der Waals surface area contributed by atoms with Gasteiger partial charge in [0.1, 0.15) is 0 Å². The Kier molecular flexibility index (Phi) is 4.41. The number of nitrogens with one attached hydrogen (secondary N) is 1. The van der Waals surface area contributed by atoms with Crippen LogP contribution >= 0.6 is 0 Å². The largest absolute Gasteiger partial charge is 0.330 e. The quantitative estimate of drug-likeness (QED) is 0.857. The van der Waals surface area contributed by atoms with Crippen LogP contribution in [0.1, 0.15) is 50.2 Å². The molecule has 1 aliphatic rings. The van der Waals surface area contributed by atoms with Crippen molar-refractivity contribution in [2.75, 3.05) is 19.6 Å². The summed E-state index contributed by atoms with van der Waals surface area (Å²) >= 11 is 0. The maximum absolute atomic E-state index is 5.69. The molecule has 2 rings (SSSR count).